The van der Waals surface area contributed by atoms with Crippen molar-refractivity contribution in [1.82, 2.24) is 14.8 Å². The number of hydrogen-bond acceptors (Lipinski definition) is 5. The fraction of sp³-hybridized carbons (Fsp3) is 0.500. The molecule has 6 nitrogen and oxygen atoms in total. The highest BCUT2D eigenvalue weighted by molar-refractivity contribution is 7.11. The first-order valence-corrected chi connectivity index (χ1v) is 12.1. The van der Waals surface area contributed by atoms with Gasteiger partial charge in [0.1, 0.15) is 5.01 Å². The third-order valence-corrected chi connectivity index (χ3v) is 7.75. The number of benzene rings is 1. The Balaban J connectivity index is 1.62. The van der Waals surface area contributed by atoms with Gasteiger partial charge in [0.05, 0.1) is 23.2 Å². The van der Waals surface area contributed by atoms with Crippen molar-refractivity contribution in [3.05, 3.63) is 51.0 Å². The summed E-state index contributed by atoms with van der Waals surface area (Å²) in [6, 6.07) is 4.39. The zero-order valence-electron chi connectivity index (χ0n) is 19.1. The molecular weight excluding hydrogens is 467 g/mol. The van der Waals surface area contributed by atoms with Gasteiger partial charge in [-0.25, -0.2) is 4.98 Å². The third-order valence-electron chi connectivity index (χ3n) is 6.61. The van der Waals surface area contributed by atoms with E-state index in [1.165, 1.54) is 21.9 Å². The highest BCUT2D eigenvalue weighted by Crippen LogP contribution is 2.42. The molecule has 4 rings (SSSR count). The van der Waals surface area contributed by atoms with E-state index >= 15 is 0 Å². The maximum atomic E-state index is 13.4. The largest absolute Gasteiger partial charge is 0.416 e. The van der Waals surface area contributed by atoms with E-state index in [0.717, 1.165) is 53.4 Å². The van der Waals surface area contributed by atoms with Crippen molar-refractivity contribution >= 4 is 29.1 Å². The second-order valence-electron chi connectivity index (χ2n) is 8.89. The Bertz CT molecular complexity index is 1110. The molecule has 1 aliphatic carbocycles. The van der Waals surface area contributed by atoms with Crippen molar-refractivity contribution in [1.29, 1.82) is 0 Å². The number of carbonyl (C=O) groups excluding carboxylic acids is 3. The first-order valence-electron chi connectivity index (χ1n) is 11.3. The molecule has 2 aromatic rings. The van der Waals surface area contributed by atoms with Crippen molar-refractivity contribution in [2.24, 2.45) is 0 Å². The van der Waals surface area contributed by atoms with Crippen LogP contribution in [0, 0.1) is 0 Å². The van der Waals surface area contributed by atoms with E-state index in [4.69, 9.17) is 0 Å². The van der Waals surface area contributed by atoms with Crippen molar-refractivity contribution < 1.29 is 27.6 Å². The van der Waals surface area contributed by atoms with Gasteiger partial charge in [-0.2, -0.15) is 13.2 Å². The Morgan fingerprint density at radius 2 is 1.97 bits per heavy atom. The Hall–Kier alpha value is -2.75. The Morgan fingerprint density at radius 3 is 2.62 bits per heavy atom. The molecule has 182 valence electrons. The molecule has 0 radical (unpaired) electrons. The summed E-state index contributed by atoms with van der Waals surface area (Å²) in [5.74, 6) is -1.55. The van der Waals surface area contributed by atoms with Crippen molar-refractivity contribution in [3.8, 4) is 0 Å². The first kappa shape index (κ1) is 24.4. The number of halogens is 3. The molecule has 2 heterocycles. The Morgan fingerprint density at radius 1 is 1.24 bits per heavy atom. The molecule has 1 saturated heterocycles. The molecule has 2 aliphatic rings. The fourth-order valence-corrected chi connectivity index (χ4v) is 5.95. The minimum absolute atomic E-state index is 0.0306. The number of thiazole rings is 1. The van der Waals surface area contributed by atoms with Gasteiger partial charge in [0.2, 0.25) is 17.7 Å². The average molecular weight is 494 g/mol. The lowest BCUT2D eigenvalue weighted by molar-refractivity contribution is -0.142. The summed E-state index contributed by atoms with van der Waals surface area (Å²) in [4.78, 5) is 47.5. The summed E-state index contributed by atoms with van der Waals surface area (Å²) < 4.78 is 40.2. The molecule has 1 fully saturated rings. The molecule has 0 bridgehead atoms. The number of likely N-dealkylation sites (N-methyl/N-ethyl adjacent to an activating group) is 1. The number of imide groups is 1. The molecule has 10 heteroatoms. The number of amides is 3. The summed E-state index contributed by atoms with van der Waals surface area (Å²) in [7, 11) is 1.58. The molecule has 3 amide bonds. The normalized spacial score (nSPS) is 20.6. The summed E-state index contributed by atoms with van der Waals surface area (Å²) in [6.45, 7) is 1.96. The van der Waals surface area contributed by atoms with Crippen LogP contribution in [0.4, 0.5) is 13.2 Å². The minimum Gasteiger partial charge on any atom is -0.339 e. The van der Waals surface area contributed by atoms with Gasteiger partial charge in [-0.15, -0.1) is 11.3 Å². The lowest BCUT2D eigenvalue weighted by Crippen LogP contribution is -2.42. The number of aryl methyl sites for hydroxylation is 2. The van der Waals surface area contributed by atoms with Crippen LogP contribution in [0.2, 0.25) is 0 Å². The van der Waals surface area contributed by atoms with Crippen LogP contribution in [-0.2, 0) is 45.4 Å². The number of rotatable bonds is 6. The molecular formula is C24H26F3N3O3S. The van der Waals surface area contributed by atoms with E-state index < -0.39 is 41.3 Å². The molecule has 0 saturated carbocycles. The van der Waals surface area contributed by atoms with Crippen LogP contribution in [0.5, 0.6) is 0 Å². The van der Waals surface area contributed by atoms with Gasteiger partial charge >= 0.3 is 6.18 Å². The zero-order valence-corrected chi connectivity index (χ0v) is 19.9. The minimum atomic E-state index is -4.61. The molecule has 1 atom stereocenters. The van der Waals surface area contributed by atoms with E-state index in [-0.39, 0.29) is 25.1 Å². The van der Waals surface area contributed by atoms with Gasteiger partial charge in [0.25, 0.3) is 0 Å². The molecule has 1 aromatic carbocycles. The predicted octanol–water partition coefficient (Wildman–Crippen LogP) is 4.11. The first-order chi connectivity index (χ1) is 16.0. The Kier molecular flexibility index (Phi) is 6.54. The standard InChI is InChI=1S/C24H26F3N3O3S/c1-3-30-21(32)13-23(22(30)33,15-7-6-8-16(11-15)24(25,26)27)12-20(31)29(2)14-19-28-17-9-4-5-10-18(17)34-19/h6-8,11H,3-5,9-10,12-14H2,1-2H3. The topological polar surface area (TPSA) is 70.6 Å². The van der Waals surface area contributed by atoms with E-state index in [0.29, 0.717) is 0 Å². The van der Waals surface area contributed by atoms with Gasteiger partial charge < -0.3 is 4.90 Å². The summed E-state index contributed by atoms with van der Waals surface area (Å²) >= 11 is 1.57. The molecule has 1 aliphatic heterocycles. The van der Waals surface area contributed by atoms with E-state index in [2.05, 4.69) is 4.98 Å². The molecule has 0 N–H and O–H groups in total. The van der Waals surface area contributed by atoms with Gasteiger partial charge in [0.15, 0.2) is 0 Å². The van der Waals surface area contributed by atoms with Crippen molar-refractivity contribution in [2.75, 3.05) is 13.6 Å². The van der Waals surface area contributed by atoms with Crippen LogP contribution in [-0.4, -0.2) is 46.1 Å². The van der Waals surface area contributed by atoms with Crippen molar-refractivity contribution in [2.45, 2.75) is 63.6 Å². The highest BCUT2D eigenvalue weighted by Gasteiger charge is 2.54. The lowest BCUT2D eigenvalue weighted by Gasteiger charge is -2.29. The van der Waals surface area contributed by atoms with Crippen LogP contribution < -0.4 is 0 Å². The van der Waals surface area contributed by atoms with Gasteiger partial charge in [-0.05, 0) is 44.2 Å². The number of alkyl halides is 3. The number of likely N-dealkylation sites (tertiary alicyclic amines) is 1. The summed E-state index contributed by atoms with van der Waals surface area (Å²) in [5.41, 5.74) is -1.48. The van der Waals surface area contributed by atoms with Crippen LogP contribution in [0.3, 0.4) is 0 Å². The smallest absolute Gasteiger partial charge is 0.339 e. The van der Waals surface area contributed by atoms with Gasteiger partial charge in [0, 0.05) is 31.3 Å². The number of carbonyl (C=O) groups is 3. The third kappa shape index (κ3) is 4.47. The summed E-state index contributed by atoms with van der Waals surface area (Å²) in [5, 5.41) is 0.792. The quantitative estimate of drug-likeness (QED) is 0.568. The highest BCUT2D eigenvalue weighted by atomic mass is 32.1. The molecule has 0 spiro atoms. The van der Waals surface area contributed by atoms with Crippen LogP contribution >= 0.6 is 11.3 Å². The second-order valence-corrected chi connectivity index (χ2v) is 10.1. The number of nitrogens with zero attached hydrogens (tertiary/aromatic N) is 3. The fourth-order valence-electron chi connectivity index (χ4n) is 4.74. The summed E-state index contributed by atoms with van der Waals surface area (Å²) in [6.07, 6.45) is -1.24. The predicted molar refractivity (Wildman–Crippen MR) is 120 cm³/mol. The second kappa shape index (κ2) is 9.13. The maximum Gasteiger partial charge on any atom is 0.416 e. The SMILES string of the molecule is CCN1C(=O)CC(CC(=O)N(C)Cc2nc3c(s2)CCCC3)(c2cccc(C(F)(F)F)c2)C1=O. The Labute approximate surface area is 199 Å². The van der Waals surface area contributed by atoms with Gasteiger partial charge in [-0.1, -0.05) is 18.2 Å². The number of aromatic nitrogens is 1. The van der Waals surface area contributed by atoms with Gasteiger partial charge in [-0.3, -0.25) is 19.3 Å². The zero-order chi connectivity index (χ0) is 24.7. The molecule has 1 unspecified atom stereocenters. The number of hydrogen-bond donors (Lipinski definition) is 0. The van der Waals surface area contributed by atoms with Crippen molar-refractivity contribution in [3.63, 3.8) is 0 Å². The monoisotopic (exact) mass is 493 g/mol. The maximum absolute atomic E-state index is 13.4. The average Bonchev–Trinajstić information content (AvgIpc) is 3.30. The lowest BCUT2D eigenvalue weighted by atomic mass is 9.75. The van der Waals surface area contributed by atoms with Crippen LogP contribution in [0.1, 0.15) is 59.3 Å². The van der Waals surface area contributed by atoms with E-state index in [1.807, 2.05) is 0 Å². The van der Waals surface area contributed by atoms with Crippen LogP contribution in [0.15, 0.2) is 24.3 Å². The molecule has 1 aromatic heterocycles. The molecule has 34 heavy (non-hydrogen) atoms. The van der Waals surface area contributed by atoms with E-state index in [1.54, 1.807) is 25.3 Å². The van der Waals surface area contributed by atoms with Crippen LogP contribution in [0.25, 0.3) is 0 Å². The number of fused-ring (bicyclic) bond motifs is 1. The van der Waals surface area contributed by atoms with E-state index in [9.17, 15) is 27.6 Å².